The largest absolute Gasteiger partial charge is 0.341 e. The number of aromatic nitrogens is 2. The van der Waals surface area contributed by atoms with Gasteiger partial charge in [-0.15, -0.1) is 0 Å². The maximum absolute atomic E-state index is 13.2. The zero-order valence-electron chi connectivity index (χ0n) is 14.1. The minimum absolute atomic E-state index is 0.0121. The second-order valence-electron chi connectivity index (χ2n) is 6.95. The minimum atomic E-state index is 0.0121. The molecule has 1 aromatic heterocycles. The van der Waals surface area contributed by atoms with Crippen LogP contribution in [0, 0.1) is 6.92 Å². The number of hydrogen-bond acceptors (Lipinski definition) is 4. The Morgan fingerprint density at radius 3 is 2.96 bits per heavy atom. The Morgan fingerprint density at radius 1 is 1.25 bits per heavy atom. The van der Waals surface area contributed by atoms with Crippen molar-refractivity contribution in [3.05, 3.63) is 47.1 Å². The third kappa shape index (κ3) is 2.83. The molecule has 1 fully saturated rings. The fraction of sp³-hybridized carbons (Fsp3) is 0.526. The number of piperidine rings is 1. The number of fused-ring (bicyclic) bond motifs is 1. The Bertz CT molecular complexity index is 740. The van der Waals surface area contributed by atoms with Crippen LogP contribution in [0.2, 0.25) is 0 Å². The van der Waals surface area contributed by atoms with Crippen LogP contribution in [0.1, 0.15) is 60.4 Å². The number of hydrogen-bond donors (Lipinski definition) is 0. The monoisotopic (exact) mass is 325 g/mol. The van der Waals surface area contributed by atoms with E-state index in [2.05, 4.69) is 28.3 Å². The zero-order chi connectivity index (χ0) is 16.5. The normalized spacial score (nSPS) is 23.8. The molecule has 2 heterocycles. The SMILES string of the molecule is Cc1noc([C@@H]2CCCN(C(=O)[C@@H]3CCCc4ccccc43)C2)n1. The number of amides is 1. The van der Waals surface area contributed by atoms with Crippen molar-refractivity contribution in [2.75, 3.05) is 13.1 Å². The van der Waals surface area contributed by atoms with Gasteiger partial charge in [0.15, 0.2) is 5.82 Å². The van der Waals surface area contributed by atoms with E-state index in [9.17, 15) is 4.79 Å². The fourth-order valence-corrected chi connectivity index (χ4v) is 4.09. The van der Waals surface area contributed by atoms with Crippen molar-refractivity contribution < 1.29 is 9.32 Å². The third-order valence-electron chi connectivity index (χ3n) is 5.29. The number of carbonyl (C=O) groups excluding carboxylic acids is 1. The van der Waals surface area contributed by atoms with E-state index < -0.39 is 0 Å². The van der Waals surface area contributed by atoms with Crippen LogP contribution in [0.25, 0.3) is 0 Å². The molecule has 1 amide bonds. The summed E-state index contributed by atoms with van der Waals surface area (Å²) >= 11 is 0. The van der Waals surface area contributed by atoms with Crippen LogP contribution in [-0.4, -0.2) is 34.0 Å². The molecule has 5 nitrogen and oxygen atoms in total. The lowest BCUT2D eigenvalue weighted by atomic mass is 9.81. The standard InChI is InChI=1S/C19H23N3O2/c1-13-20-18(24-21-13)15-8-5-11-22(12-15)19(23)17-10-4-7-14-6-2-3-9-16(14)17/h2-3,6,9,15,17H,4-5,7-8,10-12H2,1H3/t15-,17-/m1/s1. The third-order valence-corrected chi connectivity index (χ3v) is 5.29. The summed E-state index contributed by atoms with van der Waals surface area (Å²) in [6.45, 7) is 3.36. The molecule has 0 saturated carbocycles. The number of aryl methyl sites for hydroxylation is 2. The van der Waals surface area contributed by atoms with E-state index in [1.54, 1.807) is 0 Å². The Morgan fingerprint density at radius 2 is 2.12 bits per heavy atom. The van der Waals surface area contributed by atoms with E-state index in [0.717, 1.165) is 38.6 Å². The van der Waals surface area contributed by atoms with Gasteiger partial charge in [-0.3, -0.25) is 4.79 Å². The quantitative estimate of drug-likeness (QED) is 0.851. The first kappa shape index (κ1) is 15.4. The van der Waals surface area contributed by atoms with Crippen molar-refractivity contribution in [1.82, 2.24) is 15.0 Å². The highest BCUT2D eigenvalue weighted by Crippen LogP contribution is 2.35. The Labute approximate surface area is 142 Å². The molecule has 0 spiro atoms. The fourth-order valence-electron chi connectivity index (χ4n) is 4.09. The van der Waals surface area contributed by atoms with Gasteiger partial charge in [0.25, 0.3) is 0 Å². The van der Waals surface area contributed by atoms with E-state index >= 15 is 0 Å². The smallest absolute Gasteiger partial charge is 0.231 e. The molecule has 1 aromatic carbocycles. The minimum Gasteiger partial charge on any atom is -0.341 e. The lowest BCUT2D eigenvalue weighted by Gasteiger charge is -2.35. The molecule has 2 atom stereocenters. The Kier molecular flexibility index (Phi) is 4.08. The van der Waals surface area contributed by atoms with E-state index in [4.69, 9.17) is 4.52 Å². The summed E-state index contributed by atoms with van der Waals surface area (Å²) in [4.78, 5) is 19.5. The highest BCUT2D eigenvalue weighted by molar-refractivity contribution is 5.84. The van der Waals surface area contributed by atoms with Crippen molar-refractivity contribution in [3.8, 4) is 0 Å². The van der Waals surface area contributed by atoms with E-state index in [0.29, 0.717) is 18.3 Å². The van der Waals surface area contributed by atoms with Crippen molar-refractivity contribution in [3.63, 3.8) is 0 Å². The van der Waals surface area contributed by atoms with Crippen LogP contribution in [-0.2, 0) is 11.2 Å². The van der Waals surface area contributed by atoms with Gasteiger partial charge in [-0.25, -0.2) is 0 Å². The average molecular weight is 325 g/mol. The molecular weight excluding hydrogens is 302 g/mol. The lowest BCUT2D eigenvalue weighted by molar-refractivity contribution is -0.134. The number of benzene rings is 1. The van der Waals surface area contributed by atoms with Gasteiger partial charge in [0.1, 0.15) is 0 Å². The summed E-state index contributed by atoms with van der Waals surface area (Å²) in [5.74, 6) is 1.78. The second-order valence-corrected chi connectivity index (χ2v) is 6.95. The molecule has 2 aromatic rings. The van der Waals surface area contributed by atoms with Crippen LogP contribution in [0.4, 0.5) is 0 Å². The lowest BCUT2D eigenvalue weighted by Crippen LogP contribution is -2.42. The Hall–Kier alpha value is -2.17. The van der Waals surface area contributed by atoms with Gasteiger partial charge < -0.3 is 9.42 Å². The Balaban J connectivity index is 1.52. The molecule has 1 aliphatic carbocycles. The molecule has 1 aliphatic heterocycles. The van der Waals surface area contributed by atoms with Crippen molar-refractivity contribution in [2.45, 2.75) is 50.9 Å². The zero-order valence-corrected chi connectivity index (χ0v) is 14.1. The van der Waals surface area contributed by atoms with Gasteiger partial charge in [0, 0.05) is 13.1 Å². The number of likely N-dealkylation sites (tertiary alicyclic amines) is 1. The summed E-state index contributed by atoms with van der Waals surface area (Å²) in [6.07, 6.45) is 5.13. The van der Waals surface area contributed by atoms with Gasteiger partial charge in [0.05, 0.1) is 11.8 Å². The van der Waals surface area contributed by atoms with Crippen LogP contribution in [0.3, 0.4) is 0 Å². The molecule has 0 N–H and O–H groups in total. The van der Waals surface area contributed by atoms with Gasteiger partial charge >= 0.3 is 0 Å². The first-order valence-corrected chi connectivity index (χ1v) is 8.89. The second kappa shape index (κ2) is 6.38. The molecule has 24 heavy (non-hydrogen) atoms. The highest BCUT2D eigenvalue weighted by atomic mass is 16.5. The number of rotatable bonds is 2. The summed E-state index contributed by atoms with van der Waals surface area (Å²) in [6, 6.07) is 8.40. The molecule has 126 valence electrons. The number of carbonyl (C=O) groups is 1. The topological polar surface area (TPSA) is 59.2 Å². The van der Waals surface area contributed by atoms with E-state index in [-0.39, 0.29) is 17.7 Å². The molecular formula is C19H23N3O2. The first-order valence-electron chi connectivity index (χ1n) is 8.89. The van der Waals surface area contributed by atoms with Gasteiger partial charge in [-0.05, 0) is 50.2 Å². The van der Waals surface area contributed by atoms with Crippen molar-refractivity contribution in [1.29, 1.82) is 0 Å². The predicted molar refractivity (Wildman–Crippen MR) is 89.7 cm³/mol. The van der Waals surface area contributed by atoms with Crippen molar-refractivity contribution in [2.24, 2.45) is 0 Å². The van der Waals surface area contributed by atoms with E-state index in [1.807, 2.05) is 17.9 Å². The predicted octanol–water partition coefficient (Wildman–Crippen LogP) is 3.20. The maximum atomic E-state index is 13.2. The molecule has 2 aliphatic rings. The van der Waals surface area contributed by atoms with Crippen LogP contribution < -0.4 is 0 Å². The molecule has 0 bridgehead atoms. The first-order chi connectivity index (χ1) is 11.7. The highest BCUT2D eigenvalue weighted by Gasteiger charge is 2.34. The molecule has 0 radical (unpaired) electrons. The van der Waals surface area contributed by atoms with Gasteiger partial charge in [0.2, 0.25) is 11.8 Å². The van der Waals surface area contributed by atoms with Crippen molar-refractivity contribution >= 4 is 5.91 Å². The maximum Gasteiger partial charge on any atom is 0.231 e. The van der Waals surface area contributed by atoms with Crippen LogP contribution >= 0.6 is 0 Å². The van der Waals surface area contributed by atoms with Gasteiger partial charge in [-0.2, -0.15) is 4.98 Å². The van der Waals surface area contributed by atoms with Crippen LogP contribution in [0.5, 0.6) is 0 Å². The van der Waals surface area contributed by atoms with E-state index in [1.165, 1.54) is 11.1 Å². The average Bonchev–Trinajstić information content (AvgIpc) is 3.07. The van der Waals surface area contributed by atoms with Gasteiger partial charge in [-0.1, -0.05) is 29.4 Å². The van der Waals surface area contributed by atoms with Crippen LogP contribution in [0.15, 0.2) is 28.8 Å². The molecule has 4 rings (SSSR count). The summed E-state index contributed by atoms with van der Waals surface area (Å²) in [5, 5.41) is 3.89. The summed E-state index contributed by atoms with van der Waals surface area (Å²) < 4.78 is 5.33. The molecule has 0 unspecified atom stereocenters. The molecule has 1 saturated heterocycles. The summed E-state index contributed by atoms with van der Waals surface area (Å²) in [5.41, 5.74) is 2.56. The molecule has 5 heteroatoms. The number of nitrogens with zero attached hydrogens (tertiary/aromatic N) is 3. The summed E-state index contributed by atoms with van der Waals surface area (Å²) in [7, 11) is 0.